The number of carbonyl (C=O) groups is 1. The van der Waals surface area contributed by atoms with Gasteiger partial charge in [0.25, 0.3) is 0 Å². The number of aliphatic hydroxyl groups excluding tert-OH is 1. The molecular formula is C26H24O3. The zero-order chi connectivity index (χ0) is 20.4. The van der Waals surface area contributed by atoms with Crippen LogP contribution in [0.4, 0.5) is 0 Å². The molecule has 0 aliphatic heterocycles. The lowest BCUT2D eigenvalue weighted by molar-refractivity contribution is 0.0697. The second-order valence-corrected chi connectivity index (χ2v) is 7.72. The molecule has 2 unspecified atom stereocenters. The van der Waals surface area contributed by atoms with Crippen LogP contribution in [-0.2, 0) is 12.8 Å². The van der Waals surface area contributed by atoms with Crippen LogP contribution in [0.2, 0.25) is 0 Å². The Morgan fingerprint density at radius 3 is 2.21 bits per heavy atom. The predicted octanol–water partition coefficient (Wildman–Crippen LogP) is 5.23. The van der Waals surface area contributed by atoms with Crippen LogP contribution in [0.25, 0.3) is 6.08 Å². The molecule has 2 aliphatic rings. The summed E-state index contributed by atoms with van der Waals surface area (Å²) in [4.78, 5) is 10.3. The van der Waals surface area contributed by atoms with Gasteiger partial charge in [0.1, 0.15) is 0 Å². The van der Waals surface area contributed by atoms with Crippen LogP contribution >= 0.6 is 0 Å². The molecule has 146 valence electrons. The summed E-state index contributed by atoms with van der Waals surface area (Å²) in [7, 11) is 0. The Labute approximate surface area is 171 Å². The molecule has 0 aromatic heterocycles. The number of aliphatic hydroxyl groups is 1. The van der Waals surface area contributed by atoms with Gasteiger partial charge in [0, 0.05) is 5.92 Å². The number of hydrogen-bond acceptors (Lipinski definition) is 2. The summed E-state index contributed by atoms with van der Waals surface area (Å²) < 4.78 is 0. The monoisotopic (exact) mass is 384 g/mol. The minimum absolute atomic E-state index is 0.254. The predicted molar refractivity (Wildman–Crippen MR) is 115 cm³/mol. The molecule has 0 saturated heterocycles. The molecule has 5 rings (SSSR count). The summed E-state index contributed by atoms with van der Waals surface area (Å²) in [6, 6.07) is 23.6. The first-order valence-corrected chi connectivity index (χ1v) is 9.87. The Bertz CT molecular complexity index is 1060. The van der Waals surface area contributed by atoms with Crippen molar-refractivity contribution in [3.63, 3.8) is 0 Å². The van der Waals surface area contributed by atoms with E-state index < -0.39 is 5.97 Å². The number of carboxylic acids is 1. The van der Waals surface area contributed by atoms with Gasteiger partial charge in [-0.25, -0.2) is 4.79 Å². The number of benzene rings is 3. The third kappa shape index (κ3) is 4.01. The Balaban J connectivity index is 0.000000174. The maximum Gasteiger partial charge on any atom is 0.335 e. The highest BCUT2D eigenvalue weighted by Crippen LogP contribution is 2.43. The molecular weight excluding hydrogens is 360 g/mol. The number of carboxylic acid groups (broad SMARTS) is 1. The number of rotatable bonds is 2. The number of fused-ring (bicyclic) bond motifs is 2. The quantitative estimate of drug-likeness (QED) is 0.636. The van der Waals surface area contributed by atoms with Crippen molar-refractivity contribution in [3.8, 4) is 0 Å². The third-order valence-electron chi connectivity index (χ3n) is 5.76. The number of aromatic carboxylic acids is 1. The van der Waals surface area contributed by atoms with Gasteiger partial charge >= 0.3 is 5.97 Å². The summed E-state index contributed by atoms with van der Waals surface area (Å²) in [5.74, 6) is -0.621. The second kappa shape index (κ2) is 8.06. The molecule has 0 heterocycles. The molecule has 0 radical (unpaired) electrons. The van der Waals surface area contributed by atoms with E-state index >= 15 is 0 Å². The van der Waals surface area contributed by atoms with Crippen molar-refractivity contribution in [1.29, 1.82) is 0 Å². The zero-order valence-corrected chi connectivity index (χ0v) is 16.4. The van der Waals surface area contributed by atoms with Crippen LogP contribution < -0.4 is 0 Å². The maximum absolute atomic E-state index is 10.5. The van der Waals surface area contributed by atoms with Gasteiger partial charge in [0.05, 0.1) is 11.7 Å². The highest BCUT2D eigenvalue weighted by molar-refractivity contribution is 5.87. The SMILES string of the molecule is Cc1ccc(C(=O)O)cc1.OC1c2ccccc2CC1C1=Cc2ccccc2C1. The topological polar surface area (TPSA) is 57.5 Å². The van der Waals surface area contributed by atoms with Crippen LogP contribution in [0.3, 0.4) is 0 Å². The van der Waals surface area contributed by atoms with E-state index in [2.05, 4.69) is 48.5 Å². The average Bonchev–Trinajstić information content (AvgIpc) is 3.30. The van der Waals surface area contributed by atoms with E-state index in [0.29, 0.717) is 5.56 Å². The fourth-order valence-corrected chi connectivity index (χ4v) is 4.15. The molecule has 0 bridgehead atoms. The third-order valence-corrected chi connectivity index (χ3v) is 5.76. The van der Waals surface area contributed by atoms with E-state index in [1.165, 1.54) is 22.3 Å². The van der Waals surface area contributed by atoms with Crippen LogP contribution in [0.5, 0.6) is 0 Å². The van der Waals surface area contributed by atoms with Crippen molar-refractivity contribution in [2.75, 3.05) is 0 Å². The van der Waals surface area contributed by atoms with Crippen molar-refractivity contribution in [2.45, 2.75) is 25.9 Å². The van der Waals surface area contributed by atoms with E-state index in [-0.39, 0.29) is 12.0 Å². The molecule has 29 heavy (non-hydrogen) atoms. The molecule has 2 N–H and O–H groups in total. The van der Waals surface area contributed by atoms with Crippen LogP contribution in [-0.4, -0.2) is 16.2 Å². The number of hydrogen-bond donors (Lipinski definition) is 2. The number of aryl methyl sites for hydroxylation is 1. The zero-order valence-electron chi connectivity index (χ0n) is 16.4. The lowest BCUT2D eigenvalue weighted by atomic mass is 9.92. The van der Waals surface area contributed by atoms with Gasteiger partial charge < -0.3 is 10.2 Å². The van der Waals surface area contributed by atoms with E-state index in [1.807, 2.05) is 13.0 Å². The van der Waals surface area contributed by atoms with E-state index in [1.54, 1.807) is 24.3 Å². The van der Waals surface area contributed by atoms with Crippen LogP contribution in [0.15, 0.2) is 78.4 Å². The molecule has 0 saturated carbocycles. The molecule has 3 aromatic carbocycles. The standard InChI is InChI=1S/C18H16O.C8H8O2/c19-18-16-8-4-3-7-14(16)11-17(18)15-9-12-5-1-2-6-13(12)10-15;1-6-2-4-7(5-3-6)8(9)10/h1-9,17-19H,10-11H2;2-5H,1H3,(H,9,10). The minimum Gasteiger partial charge on any atom is -0.478 e. The van der Waals surface area contributed by atoms with Gasteiger partial charge in [0.15, 0.2) is 0 Å². The van der Waals surface area contributed by atoms with Gasteiger partial charge in [-0.2, -0.15) is 0 Å². The summed E-state index contributed by atoms with van der Waals surface area (Å²) in [5, 5.41) is 19.0. The Morgan fingerprint density at radius 2 is 1.55 bits per heavy atom. The molecule has 0 spiro atoms. The highest BCUT2D eigenvalue weighted by atomic mass is 16.4. The Morgan fingerprint density at radius 1 is 0.897 bits per heavy atom. The van der Waals surface area contributed by atoms with E-state index in [4.69, 9.17) is 5.11 Å². The normalized spacial score (nSPS) is 18.9. The first kappa shape index (κ1) is 19.2. The van der Waals surface area contributed by atoms with Crippen molar-refractivity contribution >= 4 is 12.0 Å². The van der Waals surface area contributed by atoms with Gasteiger partial charge in [-0.15, -0.1) is 0 Å². The first-order valence-electron chi connectivity index (χ1n) is 9.87. The first-order chi connectivity index (χ1) is 14.0. The molecule has 3 aromatic rings. The maximum atomic E-state index is 10.5. The summed E-state index contributed by atoms with van der Waals surface area (Å²) in [5.41, 5.74) is 7.92. The fourth-order valence-electron chi connectivity index (χ4n) is 4.15. The lowest BCUT2D eigenvalue weighted by Crippen LogP contribution is -2.10. The fraction of sp³-hybridized carbons (Fsp3) is 0.192. The minimum atomic E-state index is -0.875. The summed E-state index contributed by atoms with van der Waals surface area (Å²) in [6.07, 6.45) is 3.90. The molecule has 3 heteroatoms. The highest BCUT2D eigenvalue weighted by Gasteiger charge is 2.34. The molecule has 0 amide bonds. The summed E-state index contributed by atoms with van der Waals surface area (Å²) >= 11 is 0. The van der Waals surface area contributed by atoms with Crippen molar-refractivity contribution < 1.29 is 15.0 Å². The van der Waals surface area contributed by atoms with E-state index in [0.717, 1.165) is 24.0 Å². The Hall–Kier alpha value is -3.17. The van der Waals surface area contributed by atoms with Crippen molar-refractivity contribution in [3.05, 3.63) is 112 Å². The average molecular weight is 384 g/mol. The van der Waals surface area contributed by atoms with Crippen LogP contribution in [0.1, 0.15) is 44.3 Å². The molecule has 2 atom stereocenters. The molecule has 3 nitrogen and oxygen atoms in total. The van der Waals surface area contributed by atoms with Gasteiger partial charge in [-0.3, -0.25) is 0 Å². The second-order valence-electron chi connectivity index (χ2n) is 7.72. The molecule has 0 fully saturated rings. The molecule has 2 aliphatic carbocycles. The van der Waals surface area contributed by atoms with Crippen molar-refractivity contribution in [1.82, 2.24) is 0 Å². The smallest absolute Gasteiger partial charge is 0.335 e. The van der Waals surface area contributed by atoms with Gasteiger partial charge in [-0.1, -0.05) is 77.9 Å². The Kier molecular flexibility index (Phi) is 5.32. The van der Waals surface area contributed by atoms with Gasteiger partial charge in [0.2, 0.25) is 0 Å². The summed E-state index contributed by atoms with van der Waals surface area (Å²) in [6.45, 7) is 1.92. The lowest BCUT2D eigenvalue weighted by Gasteiger charge is -2.16. The van der Waals surface area contributed by atoms with Crippen molar-refractivity contribution in [2.24, 2.45) is 5.92 Å². The largest absolute Gasteiger partial charge is 0.478 e. The van der Waals surface area contributed by atoms with Crippen LogP contribution in [0, 0.1) is 12.8 Å². The van der Waals surface area contributed by atoms with E-state index in [9.17, 15) is 9.90 Å². The van der Waals surface area contributed by atoms with Gasteiger partial charge in [-0.05, 0) is 54.2 Å².